The van der Waals surface area contributed by atoms with Gasteiger partial charge >= 0.3 is 0 Å². The SMILES string of the molecule is c1nnc2n1N=C1CCCCCC1S2. The van der Waals surface area contributed by atoms with E-state index in [0.29, 0.717) is 5.25 Å². The van der Waals surface area contributed by atoms with Crippen LogP contribution in [0.1, 0.15) is 32.1 Å². The Morgan fingerprint density at radius 3 is 3.36 bits per heavy atom. The molecule has 0 radical (unpaired) electrons. The summed E-state index contributed by atoms with van der Waals surface area (Å²) in [7, 11) is 0. The second-order valence-corrected chi connectivity index (χ2v) is 4.93. The van der Waals surface area contributed by atoms with Gasteiger partial charge in [0.2, 0.25) is 5.16 Å². The third-order valence-corrected chi connectivity index (χ3v) is 4.03. The highest BCUT2D eigenvalue weighted by Gasteiger charge is 2.26. The van der Waals surface area contributed by atoms with Gasteiger partial charge in [0.1, 0.15) is 6.33 Å². The summed E-state index contributed by atoms with van der Waals surface area (Å²) in [5, 5.41) is 14.0. The van der Waals surface area contributed by atoms with Crippen molar-refractivity contribution < 1.29 is 0 Å². The summed E-state index contributed by atoms with van der Waals surface area (Å²) in [6, 6.07) is 0. The number of rotatable bonds is 0. The smallest absolute Gasteiger partial charge is 0.195 e. The van der Waals surface area contributed by atoms with Crippen LogP contribution in [-0.2, 0) is 0 Å². The van der Waals surface area contributed by atoms with Gasteiger partial charge in [0.15, 0.2) is 0 Å². The molecule has 1 aromatic rings. The third kappa shape index (κ3) is 1.35. The molecule has 0 aromatic carbocycles. The van der Waals surface area contributed by atoms with E-state index in [1.807, 2.05) is 16.4 Å². The summed E-state index contributed by atoms with van der Waals surface area (Å²) < 4.78 is 1.81. The Hall–Kier alpha value is -0.840. The van der Waals surface area contributed by atoms with E-state index in [0.717, 1.165) is 11.6 Å². The van der Waals surface area contributed by atoms with Gasteiger partial charge in [-0.1, -0.05) is 24.6 Å². The van der Waals surface area contributed by atoms with Crippen LogP contribution in [0.25, 0.3) is 0 Å². The van der Waals surface area contributed by atoms with Gasteiger partial charge < -0.3 is 0 Å². The zero-order valence-corrected chi connectivity index (χ0v) is 8.70. The van der Waals surface area contributed by atoms with Gasteiger partial charge in [-0.15, -0.1) is 10.2 Å². The van der Waals surface area contributed by atoms with Gasteiger partial charge in [0.05, 0.1) is 11.0 Å². The maximum atomic E-state index is 4.57. The molecule has 2 heterocycles. The number of hydrogen-bond donors (Lipinski definition) is 0. The molecule has 0 saturated heterocycles. The minimum Gasteiger partial charge on any atom is -0.195 e. The number of hydrogen-bond acceptors (Lipinski definition) is 4. The number of nitrogens with zero attached hydrogens (tertiary/aromatic N) is 4. The van der Waals surface area contributed by atoms with Crippen LogP contribution in [0, 0.1) is 0 Å². The summed E-state index contributed by atoms with van der Waals surface area (Å²) in [6.45, 7) is 0. The Labute approximate surface area is 86.8 Å². The molecule has 1 atom stereocenters. The molecule has 0 bridgehead atoms. The number of aromatic nitrogens is 3. The predicted molar refractivity (Wildman–Crippen MR) is 55.6 cm³/mol. The molecule has 1 aliphatic heterocycles. The second-order valence-electron chi connectivity index (χ2n) is 3.76. The van der Waals surface area contributed by atoms with Gasteiger partial charge in [0.25, 0.3) is 0 Å². The van der Waals surface area contributed by atoms with Crippen LogP contribution < -0.4 is 0 Å². The zero-order chi connectivity index (χ0) is 9.38. The molecule has 0 spiro atoms. The number of fused-ring (bicyclic) bond motifs is 2. The molecule has 2 aliphatic rings. The summed E-state index contributed by atoms with van der Waals surface area (Å²) in [5.74, 6) is 0. The van der Waals surface area contributed by atoms with Crippen molar-refractivity contribution in [3.63, 3.8) is 0 Å². The van der Waals surface area contributed by atoms with E-state index in [9.17, 15) is 0 Å². The van der Waals surface area contributed by atoms with Crippen LogP contribution in [0.3, 0.4) is 0 Å². The van der Waals surface area contributed by atoms with Crippen LogP contribution >= 0.6 is 11.8 Å². The molecule has 4 nitrogen and oxygen atoms in total. The van der Waals surface area contributed by atoms with E-state index in [4.69, 9.17) is 0 Å². The maximum Gasteiger partial charge on any atom is 0.212 e. The molecule has 0 amide bonds. The first kappa shape index (κ1) is 8.47. The van der Waals surface area contributed by atoms with Crippen LogP contribution in [0.15, 0.2) is 16.6 Å². The maximum absolute atomic E-state index is 4.57. The molecule has 0 N–H and O–H groups in total. The highest BCUT2D eigenvalue weighted by atomic mass is 32.2. The van der Waals surface area contributed by atoms with E-state index in [2.05, 4.69) is 15.3 Å². The predicted octanol–water partition coefficient (Wildman–Crippen LogP) is 1.92. The van der Waals surface area contributed by atoms with Crippen molar-refractivity contribution in [3.8, 4) is 0 Å². The second kappa shape index (κ2) is 3.38. The summed E-state index contributed by atoms with van der Waals surface area (Å²) in [5.41, 5.74) is 1.33. The largest absolute Gasteiger partial charge is 0.212 e. The van der Waals surface area contributed by atoms with E-state index in [1.165, 1.54) is 31.4 Å². The van der Waals surface area contributed by atoms with Gasteiger partial charge in [0, 0.05) is 0 Å². The van der Waals surface area contributed by atoms with Crippen LogP contribution in [0.5, 0.6) is 0 Å². The van der Waals surface area contributed by atoms with Crippen LogP contribution in [0.4, 0.5) is 0 Å². The quantitative estimate of drug-likeness (QED) is 0.654. The average molecular weight is 208 g/mol. The Morgan fingerprint density at radius 1 is 1.36 bits per heavy atom. The Balaban J connectivity index is 1.97. The molecule has 74 valence electrons. The van der Waals surface area contributed by atoms with Crippen LogP contribution in [0.2, 0.25) is 0 Å². The van der Waals surface area contributed by atoms with Crippen LogP contribution in [-0.4, -0.2) is 25.8 Å². The lowest BCUT2D eigenvalue weighted by atomic mass is 10.2. The number of thioether (sulfide) groups is 1. The highest BCUT2D eigenvalue weighted by Crippen LogP contribution is 2.33. The van der Waals surface area contributed by atoms with Crippen molar-refractivity contribution >= 4 is 17.5 Å². The molecule has 1 saturated carbocycles. The molecular formula is C9H12N4S. The van der Waals surface area contributed by atoms with E-state index in [1.54, 1.807) is 6.33 Å². The molecule has 1 unspecified atom stereocenters. The Kier molecular flexibility index (Phi) is 2.05. The summed E-state index contributed by atoms with van der Waals surface area (Å²) in [6.07, 6.45) is 8.04. The van der Waals surface area contributed by atoms with Crippen molar-refractivity contribution in [2.75, 3.05) is 0 Å². The van der Waals surface area contributed by atoms with E-state index in [-0.39, 0.29) is 0 Å². The monoisotopic (exact) mass is 208 g/mol. The van der Waals surface area contributed by atoms with Gasteiger partial charge in [-0.2, -0.15) is 9.78 Å². The molecule has 5 heteroatoms. The Bertz CT molecular complexity index is 371. The van der Waals surface area contributed by atoms with Gasteiger partial charge in [-0.25, -0.2) is 0 Å². The summed E-state index contributed by atoms with van der Waals surface area (Å²) >= 11 is 1.82. The molecule has 1 aliphatic carbocycles. The topological polar surface area (TPSA) is 43.1 Å². The van der Waals surface area contributed by atoms with Crippen molar-refractivity contribution in [3.05, 3.63) is 6.33 Å². The minimum atomic E-state index is 0.564. The van der Waals surface area contributed by atoms with Crippen molar-refractivity contribution in [2.45, 2.75) is 42.5 Å². The van der Waals surface area contributed by atoms with Crippen molar-refractivity contribution in [1.29, 1.82) is 0 Å². The standard InChI is InChI=1S/C9H12N4S/c1-2-4-7-8(5-3-1)14-9-11-10-6-13(9)12-7/h6,8H,1-5H2. The fraction of sp³-hybridized carbons (Fsp3) is 0.667. The highest BCUT2D eigenvalue weighted by molar-refractivity contribution is 8.00. The van der Waals surface area contributed by atoms with Gasteiger partial charge in [-0.3, -0.25) is 0 Å². The fourth-order valence-electron chi connectivity index (χ4n) is 2.01. The zero-order valence-electron chi connectivity index (χ0n) is 7.89. The third-order valence-electron chi connectivity index (χ3n) is 2.76. The summed E-state index contributed by atoms with van der Waals surface area (Å²) in [4.78, 5) is 0. The lowest BCUT2D eigenvalue weighted by Gasteiger charge is -2.19. The average Bonchev–Trinajstić information content (AvgIpc) is 2.51. The fourth-order valence-corrected chi connectivity index (χ4v) is 3.14. The first-order valence-electron chi connectivity index (χ1n) is 5.08. The minimum absolute atomic E-state index is 0.564. The Morgan fingerprint density at radius 2 is 2.36 bits per heavy atom. The van der Waals surface area contributed by atoms with Gasteiger partial charge in [-0.05, 0) is 19.3 Å². The molecular weight excluding hydrogens is 196 g/mol. The van der Waals surface area contributed by atoms with Crippen molar-refractivity contribution in [2.24, 2.45) is 5.10 Å². The normalized spacial score (nSPS) is 26.0. The molecule has 1 fully saturated rings. The van der Waals surface area contributed by atoms with E-state index >= 15 is 0 Å². The lowest BCUT2D eigenvalue weighted by Crippen LogP contribution is -2.21. The molecule has 3 rings (SSSR count). The molecule has 14 heavy (non-hydrogen) atoms. The first-order chi connectivity index (χ1) is 6.93. The van der Waals surface area contributed by atoms with E-state index < -0.39 is 0 Å². The van der Waals surface area contributed by atoms with Crippen molar-refractivity contribution in [1.82, 2.24) is 14.9 Å². The lowest BCUT2D eigenvalue weighted by molar-refractivity contribution is 0.702. The first-order valence-corrected chi connectivity index (χ1v) is 5.96. The molecule has 1 aromatic heterocycles.